The molecule has 0 atom stereocenters. The molecule has 1 aliphatic rings. The summed E-state index contributed by atoms with van der Waals surface area (Å²) in [5.41, 5.74) is 16.3. The van der Waals surface area contributed by atoms with Gasteiger partial charge in [-0.2, -0.15) is 5.26 Å². The summed E-state index contributed by atoms with van der Waals surface area (Å²) in [6, 6.07) is 10.5. The number of anilines is 3. The molecule has 4 rings (SSSR count). The van der Waals surface area contributed by atoms with Crippen molar-refractivity contribution in [3.63, 3.8) is 0 Å². The smallest absolute Gasteiger partial charge is 0.148 e. The number of nitrogen functional groups attached to an aromatic ring is 1. The molecule has 0 saturated carbocycles. The number of benzene rings is 1. The quantitative estimate of drug-likeness (QED) is 0.596. The van der Waals surface area contributed by atoms with E-state index in [0.717, 1.165) is 42.7 Å². The highest BCUT2D eigenvalue weighted by Crippen LogP contribution is 2.35. The number of piperidine rings is 1. The van der Waals surface area contributed by atoms with Crippen LogP contribution in [0.3, 0.4) is 0 Å². The lowest BCUT2D eigenvalue weighted by molar-refractivity contribution is 0.501. The van der Waals surface area contributed by atoms with Crippen LogP contribution < -0.4 is 21.7 Å². The van der Waals surface area contributed by atoms with Gasteiger partial charge in [-0.1, -0.05) is 6.07 Å². The predicted molar refractivity (Wildman–Crippen MR) is 121 cm³/mol. The van der Waals surface area contributed by atoms with Crippen LogP contribution in [-0.4, -0.2) is 36.1 Å². The van der Waals surface area contributed by atoms with Crippen LogP contribution in [0.1, 0.15) is 18.4 Å². The highest BCUT2D eigenvalue weighted by Gasteiger charge is 2.20. The molecular weight excluding hydrogens is 393 g/mol. The summed E-state index contributed by atoms with van der Waals surface area (Å²) >= 11 is 0. The number of aromatic nitrogens is 2. The molecule has 0 aliphatic carbocycles. The Morgan fingerprint density at radius 3 is 2.55 bits per heavy atom. The second kappa shape index (κ2) is 8.58. The van der Waals surface area contributed by atoms with Gasteiger partial charge in [-0.25, -0.2) is 9.37 Å². The minimum atomic E-state index is -0.566. The second-order valence-electron chi connectivity index (χ2n) is 7.63. The van der Waals surface area contributed by atoms with E-state index < -0.39 is 5.82 Å². The zero-order valence-corrected chi connectivity index (χ0v) is 17.3. The predicted octanol–water partition coefficient (Wildman–Crippen LogP) is 3.37. The largest absolute Gasteiger partial charge is 0.396 e. The fourth-order valence-electron chi connectivity index (χ4n) is 3.83. The van der Waals surface area contributed by atoms with Crippen LogP contribution in [0.15, 0.2) is 42.7 Å². The topological polar surface area (TPSA) is 117 Å². The first-order valence-electron chi connectivity index (χ1n) is 10.1. The van der Waals surface area contributed by atoms with E-state index in [1.807, 2.05) is 18.3 Å². The zero-order valence-electron chi connectivity index (χ0n) is 17.3. The summed E-state index contributed by atoms with van der Waals surface area (Å²) in [4.78, 5) is 11.3. The lowest BCUT2D eigenvalue weighted by Crippen LogP contribution is -2.39. The summed E-state index contributed by atoms with van der Waals surface area (Å²) in [5.74, 6) is 0.0134. The highest BCUT2D eigenvalue weighted by atomic mass is 19.1. The van der Waals surface area contributed by atoms with Crippen LogP contribution in [0.4, 0.5) is 21.6 Å². The van der Waals surface area contributed by atoms with Gasteiger partial charge < -0.3 is 21.7 Å². The number of nitriles is 1. The van der Waals surface area contributed by atoms with Crippen LogP contribution in [0, 0.1) is 17.1 Å². The maximum atomic E-state index is 14.4. The molecule has 1 fully saturated rings. The van der Waals surface area contributed by atoms with E-state index in [-0.39, 0.29) is 11.6 Å². The van der Waals surface area contributed by atoms with Gasteiger partial charge >= 0.3 is 0 Å². The molecule has 8 heteroatoms. The van der Waals surface area contributed by atoms with Gasteiger partial charge in [0.15, 0.2) is 0 Å². The Kier molecular flexibility index (Phi) is 5.69. The van der Waals surface area contributed by atoms with Gasteiger partial charge in [0.1, 0.15) is 17.7 Å². The van der Waals surface area contributed by atoms with Gasteiger partial charge in [-0.05, 0) is 42.7 Å². The molecule has 3 heterocycles. The van der Waals surface area contributed by atoms with E-state index in [2.05, 4.69) is 15.2 Å². The summed E-state index contributed by atoms with van der Waals surface area (Å²) in [6.07, 6.45) is 5.33. The molecule has 158 valence electrons. The molecule has 1 aliphatic heterocycles. The zero-order chi connectivity index (χ0) is 22.0. The number of pyridine rings is 2. The maximum absolute atomic E-state index is 14.4. The number of nitrogens with two attached hydrogens (primary N) is 2. The third-order valence-corrected chi connectivity index (χ3v) is 5.61. The summed E-state index contributed by atoms with van der Waals surface area (Å²) in [7, 11) is 1.75. The van der Waals surface area contributed by atoms with Gasteiger partial charge in [0.25, 0.3) is 0 Å². The Morgan fingerprint density at radius 2 is 1.90 bits per heavy atom. The minimum absolute atomic E-state index is 0.00344. The van der Waals surface area contributed by atoms with Gasteiger partial charge in [0, 0.05) is 43.5 Å². The average Bonchev–Trinajstić information content (AvgIpc) is 2.79. The Bertz CT molecular complexity index is 1150. The van der Waals surface area contributed by atoms with Gasteiger partial charge in [0.05, 0.1) is 28.8 Å². The molecule has 0 unspecified atom stereocenters. The second-order valence-corrected chi connectivity index (χ2v) is 7.63. The summed E-state index contributed by atoms with van der Waals surface area (Å²) < 4.78 is 14.4. The van der Waals surface area contributed by atoms with Gasteiger partial charge in [-0.15, -0.1) is 0 Å². The Balaban J connectivity index is 1.83. The first-order chi connectivity index (χ1) is 15.0. The van der Waals surface area contributed by atoms with Gasteiger partial charge in [-0.3, -0.25) is 4.98 Å². The van der Waals surface area contributed by atoms with Crippen molar-refractivity contribution in [3.8, 4) is 28.5 Å². The van der Waals surface area contributed by atoms with E-state index in [1.165, 1.54) is 12.1 Å². The summed E-state index contributed by atoms with van der Waals surface area (Å²) in [5, 5.41) is 12.0. The Labute approximate surface area is 180 Å². The molecule has 7 nitrogen and oxygen atoms in total. The van der Waals surface area contributed by atoms with E-state index in [4.69, 9.17) is 21.7 Å². The first kappa shape index (κ1) is 20.6. The molecule has 1 aromatic carbocycles. The maximum Gasteiger partial charge on any atom is 0.148 e. The molecule has 3 aromatic rings. The summed E-state index contributed by atoms with van der Waals surface area (Å²) in [6.45, 7) is 1.68. The normalized spacial score (nSPS) is 14.3. The average molecular weight is 417 g/mol. The Hall–Kier alpha value is -3.70. The first-order valence-corrected chi connectivity index (χ1v) is 10.1. The lowest BCUT2D eigenvalue weighted by Gasteiger charge is -2.32. The Morgan fingerprint density at radius 1 is 1.13 bits per heavy atom. The number of rotatable bonds is 4. The van der Waals surface area contributed by atoms with Crippen molar-refractivity contribution in [2.75, 3.05) is 36.1 Å². The monoisotopic (exact) mass is 417 g/mol. The number of hydrogen-bond acceptors (Lipinski definition) is 7. The molecular formula is C23H24FN7. The third kappa shape index (κ3) is 4.13. The highest BCUT2D eigenvalue weighted by molar-refractivity contribution is 5.84. The van der Waals surface area contributed by atoms with Crippen LogP contribution in [-0.2, 0) is 0 Å². The van der Waals surface area contributed by atoms with Crippen molar-refractivity contribution < 1.29 is 4.39 Å². The van der Waals surface area contributed by atoms with E-state index in [1.54, 1.807) is 25.4 Å². The van der Waals surface area contributed by atoms with Crippen LogP contribution in [0.5, 0.6) is 0 Å². The minimum Gasteiger partial charge on any atom is -0.396 e. The van der Waals surface area contributed by atoms with Gasteiger partial charge in [0.2, 0.25) is 0 Å². The number of hydrogen-bond donors (Lipinski definition) is 3. The van der Waals surface area contributed by atoms with Crippen molar-refractivity contribution >= 4 is 17.2 Å². The fraction of sp³-hybridized carbons (Fsp3) is 0.261. The van der Waals surface area contributed by atoms with Crippen molar-refractivity contribution in [2.24, 2.45) is 5.73 Å². The molecule has 1 saturated heterocycles. The molecule has 2 aromatic heterocycles. The third-order valence-electron chi connectivity index (χ3n) is 5.61. The fourth-order valence-corrected chi connectivity index (χ4v) is 3.83. The lowest BCUT2D eigenvalue weighted by atomic mass is 9.97. The molecule has 0 spiro atoms. The van der Waals surface area contributed by atoms with Crippen molar-refractivity contribution in [1.29, 1.82) is 5.26 Å². The van der Waals surface area contributed by atoms with Crippen LogP contribution in [0.2, 0.25) is 0 Å². The number of nitrogens with zero attached hydrogens (tertiary/aromatic N) is 4. The molecule has 31 heavy (non-hydrogen) atoms. The van der Waals surface area contributed by atoms with E-state index >= 15 is 0 Å². The SMILES string of the molecule is CNc1ncc(-c2ncc(N3CCC(N)CC3)cc2-c2ccc(C#N)c(F)c2)cc1N. The van der Waals surface area contributed by atoms with Crippen molar-refractivity contribution in [1.82, 2.24) is 9.97 Å². The van der Waals surface area contributed by atoms with Crippen molar-refractivity contribution in [2.45, 2.75) is 18.9 Å². The molecule has 0 amide bonds. The van der Waals surface area contributed by atoms with Crippen molar-refractivity contribution in [3.05, 3.63) is 54.1 Å². The molecule has 5 N–H and O–H groups in total. The molecule has 0 bridgehead atoms. The molecule has 0 radical (unpaired) electrons. The van der Waals surface area contributed by atoms with E-state index in [0.29, 0.717) is 22.8 Å². The number of halogens is 1. The number of nitrogens with one attached hydrogen (secondary N) is 1. The van der Waals surface area contributed by atoms with Crippen LogP contribution in [0.25, 0.3) is 22.4 Å². The van der Waals surface area contributed by atoms with Crippen LogP contribution >= 0.6 is 0 Å². The standard InChI is InChI=1S/C23H24FN7/c1-28-23-21(27)9-16(12-30-23)22-19(14-2-3-15(11-25)20(24)8-14)10-18(13-29-22)31-6-4-17(26)5-7-31/h2-3,8-10,12-13,17H,4-7,26-27H2,1H3,(H,28,30). The van der Waals surface area contributed by atoms with E-state index in [9.17, 15) is 4.39 Å².